The van der Waals surface area contributed by atoms with Gasteiger partial charge in [-0.2, -0.15) is 4.73 Å². The molecule has 0 saturated heterocycles. The van der Waals surface area contributed by atoms with Gasteiger partial charge < -0.3 is 5.21 Å². The lowest BCUT2D eigenvalue weighted by Gasteiger charge is -2.04. The van der Waals surface area contributed by atoms with E-state index in [9.17, 15) is 5.21 Å². The highest BCUT2D eigenvalue weighted by Crippen LogP contribution is 2.39. The number of halogens is 2. The van der Waals surface area contributed by atoms with Crippen LogP contribution in [0.15, 0.2) is 52.5 Å². The molecule has 1 aromatic heterocycles. The van der Waals surface area contributed by atoms with Crippen LogP contribution in [0.25, 0.3) is 0 Å². The third-order valence-electron chi connectivity index (χ3n) is 1.90. The molecule has 2 aromatic rings. The highest BCUT2D eigenvalue weighted by molar-refractivity contribution is 8.76. The van der Waals surface area contributed by atoms with E-state index in [-0.39, 0.29) is 0 Å². The van der Waals surface area contributed by atoms with Gasteiger partial charge in [-0.1, -0.05) is 23.2 Å². The molecule has 0 bridgehead atoms. The second kappa shape index (κ2) is 5.87. The van der Waals surface area contributed by atoms with Gasteiger partial charge in [-0.05, 0) is 35.1 Å². The lowest BCUT2D eigenvalue weighted by Crippen LogP contribution is -2.27. The van der Waals surface area contributed by atoms with E-state index < -0.39 is 0 Å². The minimum atomic E-state index is 0.586. The van der Waals surface area contributed by atoms with Crippen molar-refractivity contribution in [2.75, 3.05) is 0 Å². The first-order valence-electron chi connectivity index (χ1n) is 4.64. The van der Waals surface area contributed by atoms with Gasteiger partial charge in [-0.3, -0.25) is 0 Å². The molecule has 0 saturated carbocycles. The quantitative estimate of drug-likeness (QED) is 0.477. The van der Waals surface area contributed by atoms with E-state index in [1.807, 2.05) is 12.1 Å². The molecule has 0 aliphatic carbocycles. The minimum Gasteiger partial charge on any atom is -0.618 e. The van der Waals surface area contributed by atoms with Gasteiger partial charge in [0, 0.05) is 32.8 Å². The van der Waals surface area contributed by atoms with Crippen LogP contribution in [0.5, 0.6) is 0 Å². The zero-order valence-corrected chi connectivity index (χ0v) is 11.6. The molecule has 88 valence electrons. The smallest absolute Gasteiger partial charge is 0.262 e. The van der Waals surface area contributed by atoms with Crippen molar-refractivity contribution in [3.8, 4) is 0 Å². The van der Waals surface area contributed by atoms with Crippen LogP contribution in [-0.2, 0) is 0 Å². The van der Waals surface area contributed by atoms with E-state index in [0.717, 1.165) is 9.63 Å². The molecule has 0 N–H and O–H groups in total. The van der Waals surface area contributed by atoms with Crippen LogP contribution in [0, 0.1) is 5.21 Å². The van der Waals surface area contributed by atoms with E-state index in [0.29, 0.717) is 15.1 Å². The molecule has 0 unspecified atom stereocenters. The second-order valence-corrected chi connectivity index (χ2v) is 6.14. The fraction of sp³-hybridized carbons (Fsp3) is 0. The normalized spacial score (nSPS) is 10.5. The van der Waals surface area contributed by atoms with Crippen LogP contribution < -0.4 is 4.73 Å². The molecule has 0 spiro atoms. The maximum Gasteiger partial charge on any atom is 0.262 e. The van der Waals surface area contributed by atoms with Gasteiger partial charge in [0.2, 0.25) is 0 Å². The summed E-state index contributed by atoms with van der Waals surface area (Å²) in [6.07, 6.45) is 1.46. The van der Waals surface area contributed by atoms with E-state index in [1.54, 1.807) is 24.3 Å². The van der Waals surface area contributed by atoms with Crippen molar-refractivity contribution in [2.24, 2.45) is 0 Å². The zero-order valence-electron chi connectivity index (χ0n) is 8.47. The van der Waals surface area contributed by atoms with Gasteiger partial charge in [0.15, 0.2) is 6.20 Å². The van der Waals surface area contributed by atoms with Crippen molar-refractivity contribution in [3.05, 3.63) is 57.8 Å². The number of aromatic nitrogens is 1. The Hall–Kier alpha value is -0.550. The van der Waals surface area contributed by atoms with Crippen molar-refractivity contribution >= 4 is 44.8 Å². The fourth-order valence-electron chi connectivity index (χ4n) is 1.11. The third kappa shape index (κ3) is 3.45. The molecule has 0 amide bonds. The van der Waals surface area contributed by atoms with Crippen LogP contribution in [0.3, 0.4) is 0 Å². The molecule has 0 aliphatic rings. The minimum absolute atomic E-state index is 0.586. The monoisotopic (exact) mass is 303 g/mol. The number of hydrogen-bond acceptors (Lipinski definition) is 3. The summed E-state index contributed by atoms with van der Waals surface area (Å²) in [6.45, 7) is 0. The predicted molar refractivity (Wildman–Crippen MR) is 73.6 cm³/mol. The summed E-state index contributed by atoms with van der Waals surface area (Å²) in [5.74, 6) is 0. The summed E-state index contributed by atoms with van der Waals surface area (Å²) in [4.78, 5) is 0.880. The Labute approximate surface area is 117 Å². The summed E-state index contributed by atoms with van der Waals surface area (Å²) in [7, 11) is 2.79. The van der Waals surface area contributed by atoms with Gasteiger partial charge in [0.1, 0.15) is 0 Å². The van der Waals surface area contributed by atoms with Gasteiger partial charge in [-0.25, -0.2) is 0 Å². The van der Waals surface area contributed by atoms with Crippen molar-refractivity contribution in [3.63, 3.8) is 0 Å². The van der Waals surface area contributed by atoms with Crippen molar-refractivity contribution in [1.29, 1.82) is 0 Å². The van der Waals surface area contributed by atoms with E-state index in [2.05, 4.69) is 0 Å². The number of hydrogen-bond donors (Lipinski definition) is 0. The zero-order chi connectivity index (χ0) is 12.3. The summed E-state index contributed by atoms with van der Waals surface area (Å²) < 4.78 is 0.821. The molecule has 1 aromatic carbocycles. The molecule has 2 nitrogen and oxygen atoms in total. The molecular weight excluding hydrogens is 297 g/mol. The predicted octanol–water partition coefficient (Wildman–Crippen LogP) is 4.43. The number of nitrogens with zero attached hydrogens (tertiary/aromatic N) is 1. The van der Waals surface area contributed by atoms with E-state index in [1.165, 1.54) is 27.8 Å². The lowest BCUT2D eigenvalue weighted by atomic mass is 10.4. The Kier molecular flexibility index (Phi) is 4.45. The first-order valence-corrected chi connectivity index (χ1v) is 7.55. The van der Waals surface area contributed by atoms with Crippen molar-refractivity contribution in [2.45, 2.75) is 9.92 Å². The van der Waals surface area contributed by atoms with Crippen LogP contribution in [0.1, 0.15) is 0 Å². The SMILES string of the molecule is [O-][n+]1ccccc1SSc1ccc(Cl)cc1Cl. The van der Waals surface area contributed by atoms with Gasteiger partial charge in [0.05, 0.1) is 5.02 Å². The Morgan fingerprint density at radius 3 is 2.59 bits per heavy atom. The molecule has 6 heteroatoms. The van der Waals surface area contributed by atoms with Gasteiger partial charge in [-0.15, -0.1) is 0 Å². The largest absolute Gasteiger partial charge is 0.618 e. The Balaban J connectivity index is 2.10. The van der Waals surface area contributed by atoms with Crippen LogP contribution in [0.2, 0.25) is 10.0 Å². The Bertz CT molecular complexity index is 537. The topological polar surface area (TPSA) is 26.9 Å². The van der Waals surface area contributed by atoms with Crippen LogP contribution in [-0.4, -0.2) is 0 Å². The maximum absolute atomic E-state index is 11.4. The fourth-order valence-corrected chi connectivity index (χ4v) is 3.82. The highest BCUT2D eigenvalue weighted by Gasteiger charge is 2.08. The number of benzene rings is 1. The summed E-state index contributed by atoms with van der Waals surface area (Å²) in [5.41, 5.74) is 0. The molecule has 17 heavy (non-hydrogen) atoms. The molecular formula is C11H7Cl2NOS2. The van der Waals surface area contributed by atoms with E-state index >= 15 is 0 Å². The number of pyridine rings is 1. The molecule has 1 heterocycles. The van der Waals surface area contributed by atoms with Gasteiger partial charge >= 0.3 is 0 Å². The van der Waals surface area contributed by atoms with E-state index in [4.69, 9.17) is 23.2 Å². The maximum atomic E-state index is 11.4. The lowest BCUT2D eigenvalue weighted by molar-refractivity contribution is -0.645. The summed E-state index contributed by atoms with van der Waals surface area (Å²) in [5, 5.41) is 13.2. The Morgan fingerprint density at radius 2 is 1.88 bits per heavy atom. The first-order chi connectivity index (χ1) is 8.16. The summed E-state index contributed by atoms with van der Waals surface area (Å²) >= 11 is 11.8. The molecule has 0 aliphatic heterocycles. The van der Waals surface area contributed by atoms with Crippen LogP contribution >= 0.6 is 44.8 Å². The summed E-state index contributed by atoms with van der Waals surface area (Å²) in [6, 6.07) is 10.6. The molecule has 2 rings (SSSR count). The second-order valence-electron chi connectivity index (χ2n) is 3.11. The molecule has 0 fully saturated rings. The molecule has 0 atom stereocenters. The van der Waals surface area contributed by atoms with Crippen molar-refractivity contribution < 1.29 is 4.73 Å². The molecule has 0 radical (unpaired) electrons. The standard InChI is InChI=1S/C11H7Cl2NOS2/c12-8-4-5-10(9(13)7-8)16-17-11-3-1-2-6-14(11)15/h1-7H. The highest BCUT2D eigenvalue weighted by atomic mass is 35.5. The Morgan fingerprint density at radius 1 is 1.06 bits per heavy atom. The number of rotatable bonds is 3. The van der Waals surface area contributed by atoms with Crippen molar-refractivity contribution in [1.82, 2.24) is 0 Å². The van der Waals surface area contributed by atoms with Gasteiger partial charge in [0.25, 0.3) is 5.03 Å². The van der Waals surface area contributed by atoms with Crippen LogP contribution in [0.4, 0.5) is 0 Å². The average Bonchev–Trinajstić information content (AvgIpc) is 2.30. The third-order valence-corrected chi connectivity index (χ3v) is 4.97. The first kappa shape index (κ1) is 12.9. The average molecular weight is 304 g/mol.